The molecule has 2 N–H and O–H groups in total. The Labute approximate surface area is 115 Å². The molecule has 0 aromatic heterocycles. The van der Waals surface area contributed by atoms with Crippen LogP contribution in [0.3, 0.4) is 0 Å². The molecule has 0 spiro atoms. The molecule has 0 aliphatic carbocycles. The summed E-state index contributed by atoms with van der Waals surface area (Å²) in [5, 5.41) is 3.35. The highest BCUT2D eigenvalue weighted by Gasteiger charge is 2.30. The highest BCUT2D eigenvalue weighted by molar-refractivity contribution is 7.89. The van der Waals surface area contributed by atoms with Crippen LogP contribution in [0, 0.1) is 13.8 Å². The van der Waals surface area contributed by atoms with Crippen molar-refractivity contribution >= 4 is 10.0 Å². The first-order valence-electron chi connectivity index (χ1n) is 6.64. The monoisotopic (exact) mass is 282 g/mol. The fraction of sp³-hybridized carbons (Fsp3) is 0.571. The lowest BCUT2D eigenvalue weighted by molar-refractivity contribution is 0.409. The van der Waals surface area contributed by atoms with E-state index in [1.807, 2.05) is 26.0 Å². The molecule has 1 aromatic carbocycles. The Kier molecular flexibility index (Phi) is 3.99. The maximum absolute atomic E-state index is 12.3. The van der Waals surface area contributed by atoms with Crippen molar-refractivity contribution < 1.29 is 8.42 Å². The van der Waals surface area contributed by atoms with E-state index in [9.17, 15) is 8.42 Å². The molecule has 1 fully saturated rings. The van der Waals surface area contributed by atoms with E-state index in [0.717, 1.165) is 30.5 Å². The highest BCUT2D eigenvalue weighted by atomic mass is 32.2. The van der Waals surface area contributed by atoms with Gasteiger partial charge in [-0.1, -0.05) is 17.7 Å². The molecule has 106 valence electrons. The maximum Gasteiger partial charge on any atom is 0.240 e. The predicted octanol–water partition coefficient (Wildman–Crippen LogP) is 1.72. The molecule has 1 heterocycles. The first-order chi connectivity index (χ1) is 8.82. The van der Waals surface area contributed by atoms with E-state index in [4.69, 9.17) is 0 Å². The van der Waals surface area contributed by atoms with Gasteiger partial charge >= 0.3 is 0 Å². The van der Waals surface area contributed by atoms with E-state index >= 15 is 0 Å². The molecule has 0 bridgehead atoms. The van der Waals surface area contributed by atoms with Crippen molar-refractivity contribution in [2.24, 2.45) is 0 Å². The van der Waals surface area contributed by atoms with Gasteiger partial charge in [0, 0.05) is 12.1 Å². The van der Waals surface area contributed by atoms with Gasteiger partial charge in [0.15, 0.2) is 0 Å². The number of rotatable bonds is 4. The fourth-order valence-corrected chi connectivity index (χ4v) is 3.93. The first-order valence-corrected chi connectivity index (χ1v) is 8.13. The van der Waals surface area contributed by atoms with Crippen molar-refractivity contribution in [3.05, 3.63) is 29.3 Å². The third-order valence-corrected chi connectivity index (χ3v) is 5.29. The second-order valence-corrected chi connectivity index (χ2v) is 7.42. The minimum atomic E-state index is -3.42. The molecule has 1 atom stereocenters. The van der Waals surface area contributed by atoms with E-state index in [-0.39, 0.29) is 5.54 Å². The largest absolute Gasteiger partial charge is 0.310 e. The van der Waals surface area contributed by atoms with Gasteiger partial charge in [-0.2, -0.15) is 0 Å². The van der Waals surface area contributed by atoms with Gasteiger partial charge in [0.1, 0.15) is 0 Å². The number of sulfonamides is 1. The minimum absolute atomic E-state index is 0.119. The Morgan fingerprint density at radius 3 is 2.68 bits per heavy atom. The first kappa shape index (κ1) is 14.5. The molecule has 19 heavy (non-hydrogen) atoms. The Hall–Kier alpha value is -0.910. The van der Waals surface area contributed by atoms with E-state index in [2.05, 4.69) is 17.0 Å². The van der Waals surface area contributed by atoms with E-state index in [1.54, 1.807) is 6.07 Å². The van der Waals surface area contributed by atoms with Crippen molar-refractivity contribution in [2.45, 2.75) is 44.0 Å². The number of nitrogens with one attached hydrogen (secondary N) is 2. The molecule has 1 saturated heterocycles. The van der Waals surface area contributed by atoms with Gasteiger partial charge in [-0.25, -0.2) is 13.1 Å². The summed E-state index contributed by atoms with van der Waals surface area (Å²) < 4.78 is 27.4. The highest BCUT2D eigenvalue weighted by Crippen LogP contribution is 2.20. The minimum Gasteiger partial charge on any atom is -0.310 e. The van der Waals surface area contributed by atoms with Crippen LogP contribution < -0.4 is 10.0 Å². The van der Waals surface area contributed by atoms with Crippen molar-refractivity contribution in [3.63, 3.8) is 0 Å². The summed E-state index contributed by atoms with van der Waals surface area (Å²) in [6.45, 7) is 7.24. The van der Waals surface area contributed by atoms with Gasteiger partial charge < -0.3 is 5.32 Å². The number of aryl methyl sites for hydroxylation is 2. The maximum atomic E-state index is 12.3. The van der Waals surface area contributed by atoms with Crippen molar-refractivity contribution in [2.75, 3.05) is 13.1 Å². The van der Waals surface area contributed by atoms with E-state index < -0.39 is 10.0 Å². The summed E-state index contributed by atoms with van der Waals surface area (Å²) in [6, 6.07) is 5.40. The zero-order chi connectivity index (χ0) is 14.1. The smallest absolute Gasteiger partial charge is 0.240 e. The van der Waals surface area contributed by atoms with Gasteiger partial charge in [0.2, 0.25) is 10.0 Å². The molecule has 1 aliphatic rings. The van der Waals surface area contributed by atoms with Crippen molar-refractivity contribution in [1.82, 2.24) is 10.0 Å². The molecule has 2 rings (SSSR count). The summed E-state index contributed by atoms with van der Waals surface area (Å²) in [7, 11) is -3.42. The standard InChI is InChI=1S/C14H22N2O2S/c1-11-5-6-13(12(2)9-11)19(17,18)16-10-14(3)7-4-8-15-14/h5-6,9,15-16H,4,7-8,10H2,1-3H3. The SMILES string of the molecule is Cc1ccc(S(=O)(=O)NCC2(C)CCCN2)c(C)c1. The second kappa shape index (κ2) is 5.23. The summed E-state index contributed by atoms with van der Waals surface area (Å²) in [5.74, 6) is 0. The predicted molar refractivity (Wildman–Crippen MR) is 76.7 cm³/mol. The average molecular weight is 282 g/mol. The Bertz CT molecular complexity index is 561. The fourth-order valence-electron chi connectivity index (χ4n) is 2.54. The lowest BCUT2D eigenvalue weighted by Gasteiger charge is -2.24. The Balaban J connectivity index is 2.14. The topological polar surface area (TPSA) is 58.2 Å². The molecule has 0 amide bonds. The Morgan fingerprint density at radius 1 is 1.37 bits per heavy atom. The normalized spacial score (nSPS) is 23.7. The third-order valence-electron chi connectivity index (χ3n) is 3.73. The Morgan fingerprint density at radius 2 is 2.11 bits per heavy atom. The summed E-state index contributed by atoms with van der Waals surface area (Å²) in [4.78, 5) is 0.375. The van der Waals surface area contributed by atoms with Crippen LogP contribution in [0.25, 0.3) is 0 Å². The van der Waals surface area contributed by atoms with E-state index in [1.165, 1.54) is 0 Å². The van der Waals surface area contributed by atoms with Crippen molar-refractivity contribution in [1.29, 1.82) is 0 Å². The lowest BCUT2D eigenvalue weighted by Crippen LogP contribution is -2.47. The van der Waals surface area contributed by atoms with Gasteiger partial charge in [0.05, 0.1) is 4.90 Å². The molecular formula is C14H22N2O2S. The van der Waals surface area contributed by atoms with Crippen LogP contribution in [0.2, 0.25) is 0 Å². The van der Waals surface area contributed by atoms with Crippen LogP contribution in [-0.4, -0.2) is 27.0 Å². The van der Waals surface area contributed by atoms with Gasteiger partial charge in [-0.3, -0.25) is 0 Å². The molecule has 4 nitrogen and oxygen atoms in total. The molecule has 0 saturated carbocycles. The zero-order valence-corrected chi connectivity index (χ0v) is 12.6. The molecular weight excluding hydrogens is 260 g/mol. The van der Waals surface area contributed by atoms with Crippen LogP contribution in [-0.2, 0) is 10.0 Å². The summed E-state index contributed by atoms with van der Waals surface area (Å²) >= 11 is 0. The van der Waals surface area contributed by atoms with Gasteiger partial charge in [-0.05, 0) is 51.8 Å². The quantitative estimate of drug-likeness (QED) is 0.884. The number of hydrogen-bond acceptors (Lipinski definition) is 3. The number of benzene rings is 1. The summed E-state index contributed by atoms with van der Waals surface area (Å²) in [5.41, 5.74) is 1.74. The lowest BCUT2D eigenvalue weighted by atomic mass is 10.0. The van der Waals surface area contributed by atoms with Gasteiger partial charge in [-0.15, -0.1) is 0 Å². The third kappa shape index (κ3) is 3.35. The molecule has 1 unspecified atom stereocenters. The average Bonchev–Trinajstić information content (AvgIpc) is 2.74. The molecule has 1 aromatic rings. The molecule has 5 heteroatoms. The van der Waals surface area contributed by atoms with Gasteiger partial charge in [0.25, 0.3) is 0 Å². The van der Waals surface area contributed by atoms with Crippen LogP contribution in [0.5, 0.6) is 0 Å². The van der Waals surface area contributed by atoms with Crippen LogP contribution >= 0.6 is 0 Å². The zero-order valence-electron chi connectivity index (χ0n) is 11.8. The van der Waals surface area contributed by atoms with Crippen LogP contribution in [0.1, 0.15) is 30.9 Å². The van der Waals surface area contributed by atoms with Crippen molar-refractivity contribution in [3.8, 4) is 0 Å². The molecule has 0 radical (unpaired) electrons. The van der Waals surface area contributed by atoms with E-state index in [0.29, 0.717) is 11.4 Å². The summed E-state index contributed by atoms with van der Waals surface area (Å²) in [6.07, 6.45) is 2.10. The van der Waals surface area contributed by atoms with Crippen LogP contribution in [0.4, 0.5) is 0 Å². The van der Waals surface area contributed by atoms with Crippen LogP contribution in [0.15, 0.2) is 23.1 Å². The molecule has 1 aliphatic heterocycles. The second-order valence-electron chi connectivity index (χ2n) is 5.68. The number of hydrogen-bond donors (Lipinski definition) is 2.